The second-order valence-electron chi connectivity index (χ2n) is 4.38. The number of ketones is 1. The summed E-state index contributed by atoms with van der Waals surface area (Å²) >= 11 is 0. The number of nitrogens with zero attached hydrogens (tertiary/aromatic N) is 1. The molecule has 0 aliphatic rings. The Morgan fingerprint density at radius 3 is 2.38 bits per heavy atom. The monoisotopic (exact) mass is 300 g/mol. The van der Waals surface area contributed by atoms with Gasteiger partial charge >= 0.3 is 0 Å². The molecule has 0 bridgehead atoms. The highest BCUT2D eigenvalue weighted by atomic mass is 32.2. The van der Waals surface area contributed by atoms with Crippen molar-refractivity contribution in [3.63, 3.8) is 0 Å². The van der Waals surface area contributed by atoms with Crippen LogP contribution in [0, 0.1) is 11.3 Å². The van der Waals surface area contributed by atoms with Crippen LogP contribution >= 0.6 is 0 Å². The van der Waals surface area contributed by atoms with Gasteiger partial charge in [-0.1, -0.05) is 18.2 Å². The van der Waals surface area contributed by atoms with Crippen molar-refractivity contribution < 1.29 is 13.2 Å². The number of nitriles is 1. The highest BCUT2D eigenvalue weighted by Crippen LogP contribution is 2.17. The van der Waals surface area contributed by atoms with Gasteiger partial charge in [-0.15, -0.1) is 0 Å². The van der Waals surface area contributed by atoms with Crippen LogP contribution in [0.4, 0.5) is 5.69 Å². The van der Waals surface area contributed by atoms with Gasteiger partial charge in [-0.05, 0) is 37.3 Å². The van der Waals surface area contributed by atoms with Crippen LogP contribution in [-0.2, 0) is 10.0 Å². The van der Waals surface area contributed by atoms with Crippen LogP contribution < -0.4 is 4.72 Å². The summed E-state index contributed by atoms with van der Waals surface area (Å²) in [7, 11) is -3.75. The van der Waals surface area contributed by atoms with E-state index in [-0.39, 0.29) is 10.7 Å². The number of rotatable bonds is 4. The summed E-state index contributed by atoms with van der Waals surface area (Å²) in [6, 6.07) is 13.8. The number of carbonyl (C=O) groups is 1. The third kappa shape index (κ3) is 3.46. The maximum atomic E-state index is 12.2. The molecule has 1 N–H and O–H groups in total. The molecule has 6 heteroatoms. The first-order valence-electron chi connectivity index (χ1n) is 6.06. The lowest BCUT2D eigenvalue weighted by Crippen LogP contribution is -2.13. The fraction of sp³-hybridized carbons (Fsp3) is 0.0667. The van der Waals surface area contributed by atoms with Crippen LogP contribution in [0.25, 0.3) is 0 Å². The van der Waals surface area contributed by atoms with Crippen LogP contribution in [0.1, 0.15) is 22.8 Å². The average molecular weight is 300 g/mol. The number of hydrogen-bond acceptors (Lipinski definition) is 4. The summed E-state index contributed by atoms with van der Waals surface area (Å²) in [5, 5.41) is 8.80. The maximum absolute atomic E-state index is 12.2. The largest absolute Gasteiger partial charge is 0.295 e. The molecule has 0 atom stereocenters. The van der Waals surface area contributed by atoms with Crippen molar-refractivity contribution in [1.29, 1.82) is 5.26 Å². The number of carbonyl (C=O) groups excluding carboxylic acids is 1. The third-order valence-corrected chi connectivity index (χ3v) is 4.21. The zero-order valence-corrected chi connectivity index (χ0v) is 12.0. The van der Waals surface area contributed by atoms with E-state index in [0.717, 1.165) is 0 Å². The van der Waals surface area contributed by atoms with Gasteiger partial charge in [-0.2, -0.15) is 5.26 Å². The van der Waals surface area contributed by atoms with Gasteiger partial charge in [0.25, 0.3) is 10.0 Å². The summed E-state index contributed by atoms with van der Waals surface area (Å²) in [5.74, 6) is -0.131. The van der Waals surface area contributed by atoms with E-state index in [2.05, 4.69) is 4.72 Å². The molecule has 5 nitrogen and oxygen atoms in total. The number of sulfonamides is 1. The summed E-state index contributed by atoms with van der Waals surface area (Å²) in [4.78, 5) is 11.2. The third-order valence-electron chi connectivity index (χ3n) is 2.82. The molecular formula is C15H12N2O3S. The van der Waals surface area contributed by atoms with Gasteiger partial charge < -0.3 is 0 Å². The predicted octanol–water partition coefficient (Wildman–Crippen LogP) is 2.56. The molecular weight excluding hydrogens is 288 g/mol. The zero-order valence-electron chi connectivity index (χ0n) is 11.2. The Hall–Kier alpha value is -2.65. The second kappa shape index (κ2) is 5.77. The van der Waals surface area contributed by atoms with Gasteiger partial charge in [0.15, 0.2) is 5.78 Å². The number of nitrogens with one attached hydrogen (secondary N) is 1. The van der Waals surface area contributed by atoms with E-state index < -0.39 is 10.0 Å². The van der Waals surface area contributed by atoms with Gasteiger partial charge in [-0.3, -0.25) is 9.52 Å². The summed E-state index contributed by atoms with van der Waals surface area (Å²) < 4.78 is 26.8. The van der Waals surface area contributed by atoms with Crippen LogP contribution in [0.5, 0.6) is 0 Å². The van der Waals surface area contributed by atoms with Gasteiger partial charge in [0.2, 0.25) is 0 Å². The molecule has 0 fully saturated rings. The molecule has 0 radical (unpaired) electrons. The Balaban J connectivity index is 2.29. The van der Waals surface area contributed by atoms with E-state index in [1.54, 1.807) is 18.2 Å². The molecule has 0 unspecified atom stereocenters. The van der Waals surface area contributed by atoms with E-state index in [1.165, 1.54) is 37.3 Å². The molecule has 0 amide bonds. The Labute approximate surface area is 122 Å². The molecule has 2 rings (SSSR count). The van der Waals surface area contributed by atoms with Gasteiger partial charge in [0.1, 0.15) is 0 Å². The van der Waals surface area contributed by atoms with E-state index in [1.807, 2.05) is 6.07 Å². The molecule has 0 aromatic heterocycles. The van der Waals surface area contributed by atoms with E-state index in [9.17, 15) is 13.2 Å². The normalized spacial score (nSPS) is 10.7. The van der Waals surface area contributed by atoms with Gasteiger partial charge in [-0.25, -0.2) is 8.42 Å². The highest BCUT2D eigenvalue weighted by Gasteiger charge is 2.14. The molecule has 0 heterocycles. The number of anilines is 1. The fourth-order valence-corrected chi connectivity index (χ4v) is 2.78. The Morgan fingerprint density at radius 2 is 1.81 bits per heavy atom. The average Bonchev–Trinajstić information content (AvgIpc) is 2.47. The minimum Gasteiger partial charge on any atom is -0.295 e. The summed E-state index contributed by atoms with van der Waals surface area (Å²) in [5.41, 5.74) is 1.12. The van der Waals surface area contributed by atoms with Crippen molar-refractivity contribution in [1.82, 2.24) is 0 Å². The van der Waals surface area contributed by atoms with Crippen LogP contribution in [-0.4, -0.2) is 14.2 Å². The lowest BCUT2D eigenvalue weighted by molar-refractivity contribution is 0.101. The molecule has 21 heavy (non-hydrogen) atoms. The molecule has 0 spiro atoms. The standard InChI is InChI=1S/C15H12N2O3S/c1-11(18)13-5-7-15(8-6-13)21(19,20)17-14-4-2-3-12(9-14)10-16/h2-9,17H,1H3. The first-order chi connectivity index (χ1) is 9.92. The molecule has 0 saturated carbocycles. The SMILES string of the molecule is CC(=O)c1ccc(S(=O)(=O)Nc2cccc(C#N)c2)cc1. The maximum Gasteiger partial charge on any atom is 0.261 e. The summed E-state index contributed by atoms with van der Waals surface area (Å²) in [6.07, 6.45) is 0. The van der Waals surface area contributed by atoms with Crippen molar-refractivity contribution in [2.45, 2.75) is 11.8 Å². The quantitative estimate of drug-likeness (QED) is 0.879. The van der Waals surface area contributed by atoms with Crippen molar-refractivity contribution in [3.05, 3.63) is 59.7 Å². The molecule has 0 saturated heterocycles. The van der Waals surface area contributed by atoms with Crippen molar-refractivity contribution in [2.75, 3.05) is 4.72 Å². The molecule has 0 aliphatic heterocycles. The minimum atomic E-state index is -3.75. The Morgan fingerprint density at radius 1 is 1.14 bits per heavy atom. The first kappa shape index (κ1) is 14.8. The highest BCUT2D eigenvalue weighted by molar-refractivity contribution is 7.92. The van der Waals surface area contributed by atoms with Crippen molar-refractivity contribution >= 4 is 21.5 Å². The smallest absolute Gasteiger partial charge is 0.261 e. The molecule has 0 aliphatic carbocycles. The van der Waals surface area contributed by atoms with Crippen molar-refractivity contribution in [3.8, 4) is 6.07 Å². The number of hydrogen-bond donors (Lipinski definition) is 1. The van der Waals surface area contributed by atoms with Crippen LogP contribution in [0.3, 0.4) is 0 Å². The zero-order chi connectivity index (χ0) is 15.5. The fourth-order valence-electron chi connectivity index (χ4n) is 1.74. The predicted molar refractivity (Wildman–Crippen MR) is 78.4 cm³/mol. The molecule has 106 valence electrons. The van der Waals surface area contributed by atoms with Gasteiger partial charge in [0.05, 0.1) is 22.2 Å². The second-order valence-corrected chi connectivity index (χ2v) is 6.06. The van der Waals surface area contributed by atoms with Crippen LogP contribution in [0.15, 0.2) is 53.4 Å². The van der Waals surface area contributed by atoms with E-state index in [4.69, 9.17) is 5.26 Å². The minimum absolute atomic E-state index is 0.0508. The Kier molecular flexibility index (Phi) is 4.05. The Bertz CT molecular complexity index is 819. The van der Waals surface area contributed by atoms with E-state index >= 15 is 0 Å². The van der Waals surface area contributed by atoms with E-state index in [0.29, 0.717) is 16.8 Å². The van der Waals surface area contributed by atoms with Crippen LogP contribution in [0.2, 0.25) is 0 Å². The number of benzene rings is 2. The molecule has 2 aromatic rings. The number of Topliss-reactive ketones (excluding diaryl/α,β-unsaturated/α-hetero) is 1. The van der Waals surface area contributed by atoms with Gasteiger partial charge in [0, 0.05) is 5.56 Å². The molecule has 2 aromatic carbocycles. The first-order valence-corrected chi connectivity index (χ1v) is 7.55. The lowest BCUT2D eigenvalue weighted by atomic mass is 10.2. The van der Waals surface area contributed by atoms with Crippen molar-refractivity contribution in [2.24, 2.45) is 0 Å². The topological polar surface area (TPSA) is 87.0 Å². The lowest BCUT2D eigenvalue weighted by Gasteiger charge is -2.08. The summed E-state index contributed by atoms with van der Waals surface area (Å²) in [6.45, 7) is 1.41.